The molecule has 19 heavy (non-hydrogen) atoms. The van der Waals surface area contributed by atoms with E-state index < -0.39 is 24.5 Å². The summed E-state index contributed by atoms with van der Waals surface area (Å²) in [6.45, 7) is -0.171. The van der Waals surface area contributed by atoms with E-state index in [1.54, 1.807) is 0 Å². The van der Waals surface area contributed by atoms with Gasteiger partial charge in [0.15, 0.2) is 11.7 Å². The molecule has 1 heterocycles. The summed E-state index contributed by atoms with van der Waals surface area (Å²) in [4.78, 5) is 3.85. The van der Waals surface area contributed by atoms with Crippen LogP contribution in [0.2, 0.25) is 0 Å². The zero-order valence-electron chi connectivity index (χ0n) is 9.54. The fraction of sp³-hybridized carbons (Fsp3) is 0.364. The number of aliphatic hydroxyl groups is 1. The van der Waals surface area contributed by atoms with E-state index in [1.165, 1.54) is 12.1 Å². The number of anilines is 1. The van der Waals surface area contributed by atoms with Crippen molar-refractivity contribution >= 4 is 17.1 Å². The van der Waals surface area contributed by atoms with Crippen molar-refractivity contribution in [2.75, 3.05) is 11.9 Å². The fourth-order valence-electron chi connectivity index (χ4n) is 1.46. The molecule has 2 rings (SSSR count). The van der Waals surface area contributed by atoms with Gasteiger partial charge in [0.05, 0.1) is 0 Å². The van der Waals surface area contributed by atoms with E-state index in [2.05, 4.69) is 10.3 Å². The van der Waals surface area contributed by atoms with E-state index >= 15 is 0 Å². The van der Waals surface area contributed by atoms with Crippen LogP contribution in [-0.4, -0.2) is 28.9 Å². The van der Waals surface area contributed by atoms with Gasteiger partial charge < -0.3 is 14.8 Å². The summed E-state index contributed by atoms with van der Waals surface area (Å²) in [7, 11) is 0. The van der Waals surface area contributed by atoms with Gasteiger partial charge in [0.25, 0.3) is 6.01 Å². The second kappa shape index (κ2) is 5.04. The Bertz CT molecular complexity index is 567. The lowest BCUT2D eigenvalue weighted by Gasteiger charge is -2.13. The van der Waals surface area contributed by atoms with Gasteiger partial charge in [0.1, 0.15) is 11.3 Å². The third kappa shape index (κ3) is 3.34. The van der Waals surface area contributed by atoms with E-state index in [0.29, 0.717) is 5.58 Å². The molecule has 0 aliphatic rings. The zero-order chi connectivity index (χ0) is 14.0. The maximum absolute atomic E-state index is 12.9. The van der Waals surface area contributed by atoms with Crippen molar-refractivity contribution in [2.45, 2.75) is 18.7 Å². The highest BCUT2D eigenvalue weighted by molar-refractivity contribution is 5.74. The van der Waals surface area contributed by atoms with Crippen LogP contribution in [0, 0.1) is 5.82 Å². The molecule has 0 radical (unpaired) electrons. The first kappa shape index (κ1) is 13.6. The van der Waals surface area contributed by atoms with Gasteiger partial charge in [0.2, 0.25) is 0 Å². The number of rotatable bonds is 4. The van der Waals surface area contributed by atoms with Gasteiger partial charge in [-0.2, -0.15) is 18.2 Å². The van der Waals surface area contributed by atoms with E-state index in [4.69, 9.17) is 9.52 Å². The first-order chi connectivity index (χ1) is 8.86. The van der Waals surface area contributed by atoms with Crippen LogP contribution in [0.1, 0.15) is 6.42 Å². The molecule has 4 nitrogen and oxygen atoms in total. The molecule has 0 aliphatic carbocycles. The van der Waals surface area contributed by atoms with Crippen molar-refractivity contribution in [1.29, 1.82) is 0 Å². The normalized spacial score (nSPS) is 13.7. The van der Waals surface area contributed by atoms with Crippen LogP contribution < -0.4 is 5.32 Å². The highest BCUT2D eigenvalue weighted by Gasteiger charge is 2.37. The van der Waals surface area contributed by atoms with Crippen molar-refractivity contribution < 1.29 is 27.1 Å². The zero-order valence-corrected chi connectivity index (χ0v) is 9.54. The van der Waals surface area contributed by atoms with Crippen molar-refractivity contribution in [3.8, 4) is 0 Å². The Kier molecular flexibility index (Phi) is 3.61. The van der Waals surface area contributed by atoms with Gasteiger partial charge in [-0.25, -0.2) is 4.39 Å². The number of hydrogen-bond acceptors (Lipinski definition) is 4. The minimum Gasteiger partial charge on any atom is -0.424 e. The van der Waals surface area contributed by atoms with E-state index in [0.717, 1.165) is 6.07 Å². The summed E-state index contributed by atoms with van der Waals surface area (Å²) in [5.74, 6) is -0.486. The maximum atomic E-state index is 12.9. The van der Waals surface area contributed by atoms with Crippen LogP contribution in [0.15, 0.2) is 22.6 Å². The van der Waals surface area contributed by atoms with E-state index in [1.807, 2.05) is 0 Å². The molecule has 0 aliphatic heterocycles. The van der Waals surface area contributed by atoms with Crippen molar-refractivity contribution in [2.24, 2.45) is 0 Å². The maximum Gasteiger partial charge on any atom is 0.414 e. The summed E-state index contributed by atoms with van der Waals surface area (Å²) in [6, 6.07) is 3.68. The molecule has 0 saturated heterocycles. The van der Waals surface area contributed by atoms with Crippen molar-refractivity contribution in [1.82, 2.24) is 4.98 Å². The highest BCUT2D eigenvalue weighted by atomic mass is 19.4. The molecule has 8 heteroatoms. The lowest BCUT2D eigenvalue weighted by molar-refractivity contribution is -0.204. The van der Waals surface area contributed by atoms with Gasteiger partial charge in [-0.1, -0.05) is 0 Å². The minimum absolute atomic E-state index is 0.0185. The second-order valence-electron chi connectivity index (χ2n) is 3.90. The van der Waals surface area contributed by atoms with Crippen LogP contribution in [0.4, 0.5) is 23.6 Å². The van der Waals surface area contributed by atoms with E-state index in [9.17, 15) is 17.6 Å². The molecule has 1 aromatic carbocycles. The number of fused-ring (bicyclic) bond motifs is 1. The smallest absolute Gasteiger partial charge is 0.414 e. The predicted octanol–water partition coefficient (Wildman–Crippen LogP) is 2.69. The molecule has 1 unspecified atom stereocenters. The van der Waals surface area contributed by atoms with Crippen molar-refractivity contribution in [3.63, 3.8) is 0 Å². The van der Waals surface area contributed by atoms with Crippen LogP contribution in [-0.2, 0) is 0 Å². The molecule has 0 bridgehead atoms. The van der Waals surface area contributed by atoms with Crippen LogP contribution >= 0.6 is 0 Å². The number of aromatic nitrogens is 1. The van der Waals surface area contributed by atoms with Crippen LogP contribution in [0.25, 0.3) is 11.1 Å². The fourth-order valence-corrected chi connectivity index (χ4v) is 1.46. The number of hydrogen-bond donors (Lipinski definition) is 2. The number of nitrogens with zero attached hydrogens (tertiary/aromatic N) is 1. The lowest BCUT2D eigenvalue weighted by atomic mass is 10.2. The standard InChI is InChI=1S/C11H10F4N2O2/c12-6-1-2-8-7(5-6)17-10(19-8)16-4-3-9(18)11(13,14)15/h1-2,5,9,18H,3-4H2,(H,16,17). The largest absolute Gasteiger partial charge is 0.424 e. The number of nitrogens with one attached hydrogen (secondary N) is 1. The molecule has 0 spiro atoms. The molecular formula is C11H10F4N2O2. The predicted molar refractivity (Wildman–Crippen MR) is 59.1 cm³/mol. The number of alkyl halides is 3. The topological polar surface area (TPSA) is 58.3 Å². The summed E-state index contributed by atoms with van der Waals surface area (Å²) in [5, 5.41) is 11.3. The Labute approximate surface area is 105 Å². The first-order valence-electron chi connectivity index (χ1n) is 5.41. The van der Waals surface area contributed by atoms with E-state index in [-0.39, 0.29) is 18.1 Å². The summed E-state index contributed by atoms with van der Waals surface area (Å²) in [5.41, 5.74) is 0.583. The Balaban J connectivity index is 1.95. The number of oxazole rings is 1. The second-order valence-corrected chi connectivity index (χ2v) is 3.90. The van der Waals surface area contributed by atoms with Crippen LogP contribution in [0.5, 0.6) is 0 Å². The quantitative estimate of drug-likeness (QED) is 0.844. The van der Waals surface area contributed by atoms with Crippen molar-refractivity contribution in [3.05, 3.63) is 24.0 Å². The van der Waals surface area contributed by atoms with Gasteiger partial charge in [-0.05, 0) is 18.6 Å². The average molecular weight is 278 g/mol. The summed E-state index contributed by atoms with van der Waals surface area (Å²) in [6.07, 6.45) is -7.58. The molecule has 0 amide bonds. The SMILES string of the molecule is OC(CCNc1nc2cc(F)ccc2o1)C(F)(F)F. The molecule has 0 fully saturated rings. The Morgan fingerprint density at radius 3 is 2.79 bits per heavy atom. The van der Waals surface area contributed by atoms with Crippen LogP contribution in [0.3, 0.4) is 0 Å². The highest BCUT2D eigenvalue weighted by Crippen LogP contribution is 2.23. The number of benzene rings is 1. The number of aliphatic hydroxyl groups excluding tert-OH is 1. The minimum atomic E-state index is -4.65. The van der Waals surface area contributed by atoms with Gasteiger partial charge in [-0.3, -0.25) is 0 Å². The summed E-state index contributed by atoms with van der Waals surface area (Å²) >= 11 is 0. The van der Waals surface area contributed by atoms with Gasteiger partial charge >= 0.3 is 6.18 Å². The lowest BCUT2D eigenvalue weighted by Crippen LogP contribution is -2.30. The van der Waals surface area contributed by atoms with Gasteiger partial charge in [0, 0.05) is 12.6 Å². The average Bonchev–Trinajstić information content (AvgIpc) is 2.69. The monoisotopic (exact) mass is 278 g/mol. The third-order valence-electron chi connectivity index (χ3n) is 2.42. The number of halogens is 4. The molecular weight excluding hydrogens is 268 g/mol. The third-order valence-corrected chi connectivity index (χ3v) is 2.42. The molecule has 0 saturated carbocycles. The van der Waals surface area contributed by atoms with Gasteiger partial charge in [-0.15, -0.1) is 0 Å². The molecule has 1 atom stereocenters. The Morgan fingerprint density at radius 1 is 1.37 bits per heavy atom. The molecule has 1 aromatic heterocycles. The molecule has 2 N–H and O–H groups in total. The molecule has 104 valence electrons. The summed E-state index contributed by atoms with van der Waals surface area (Å²) < 4.78 is 54.1. The first-order valence-corrected chi connectivity index (χ1v) is 5.41. The Morgan fingerprint density at radius 2 is 2.11 bits per heavy atom. The molecule has 2 aromatic rings. The Hall–Kier alpha value is -1.83.